The molecule has 1 heterocycles. The second-order valence-electron chi connectivity index (χ2n) is 6.35. The summed E-state index contributed by atoms with van der Waals surface area (Å²) in [5.41, 5.74) is 3.04. The normalized spacial score (nSPS) is 18.9. The number of methoxy groups -OCH3 is 1. The molecule has 3 heteroatoms. The molecule has 2 rings (SSSR count). The average molecular weight is 277 g/mol. The second-order valence-corrected chi connectivity index (χ2v) is 6.35. The van der Waals surface area contributed by atoms with Crippen LogP contribution in [0.15, 0.2) is 24.3 Å². The summed E-state index contributed by atoms with van der Waals surface area (Å²) >= 11 is 0. The van der Waals surface area contributed by atoms with E-state index in [0.29, 0.717) is 0 Å². The first-order chi connectivity index (χ1) is 9.62. The highest BCUT2D eigenvalue weighted by atomic mass is 16.5. The van der Waals surface area contributed by atoms with Crippen LogP contribution in [0.1, 0.15) is 37.5 Å². The molecule has 0 aliphatic carbocycles. The van der Waals surface area contributed by atoms with Gasteiger partial charge in [-0.1, -0.05) is 38.1 Å². The minimum Gasteiger partial charge on any atom is -0.385 e. The average Bonchev–Trinajstić information content (AvgIpc) is 2.45. The van der Waals surface area contributed by atoms with E-state index in [9.17, 15) is 0 Å². The highest BCUT2D eigenvalue weighted by molar-refractivity contribution is 5.31. The van der Waals surface area contributed by atoms with Crippen molar-refractivity contribution in [3.8, 4) is 0 Å². The molecule has 0 bridgehead atoms. The minimum absolute atomic E-state index is 0.193. The van der Waals surface area contributed by atoms with Crippen LogP contribution in [0.25, 0.3) is 0 Å². The smallest absolute Gasteiger partial charge is 0.0952 e. The molecular weight excluding hydrogens is 250 g/mol. The van der Waals surface area contributed by atoms with Crippen LogP contribution in [0.4, 0.5) is 0 Å². The summed E-state index contributed by atoms with van der Waals surface area (Å²) in [5, 5.41) is 3.56. The Morgan fingerprint density at radius 1 is 1.35 bits per heavy atom. The van der Waals surface area contributed by atoms with Crippen LogP contribution in [-0.4, -0.2) is 33.4 Å². The Balaban J connectivity index is 1.83. The third kappa shape index (κ3) is 4.30. The van der Waals surface area contributed by atoms with Crippen molar-refractivity contribution in [2.75, 3.05) is 33.4 Å². The Morgan fingerprint density at radius 2 is 2.15 bits per heavy atom. The van der Waals surface area contributed by atoms with Crippen LogP contribution in [0.5, 0.6) is 0 Å². The molecule has 0 radical (unpaired) electrons. The number of hydrogen-bond acceptors (Lipinski definition) is 3. The van der Waals surface area contributed by atoms with Gasteiger partial charge in [0, 0.05) is 26.8 Å². The maximum Gasteiger partial charge on any atom is 0.0952 e. The zero-order valence-corrected chi connectivity index (χ0v) is 12.9. The van der Waals surface area contributed by atoms with Gasteiger partial charge in [0.1, 0.15) is 0 Å². The molecule has 1 aromatic rings. The van der Waals surface area contributed by atoms with Gasteiger partial charge in [-0.3, -0.25) is 0 Å². The number of nitrogens with one attached hydrogen (secondary N) is 1. The van der Waals surface area contributed by atoms with Crippen LogP contribution in [0, 0.1) is 5.41 Å². The van der Waals surface area contributed by atoms with Crippen molar-refractivity contribution >= 4 is 0 Å². The molecule has 1 aliphatic rings. The van der Waals surface area contributed by atoms with Gasteiger partial charge in [0.2, 0.25) is 0 Å². The van der Waals surface area contributed by atoms with Crippen LogP contribution in [-0.2, 0) is 15.9 Å². The van der Waals surface area contributed by atoms with E-state index in [4.69, 9.17) is 9.47 Å². The Labute approximate surface area is 122 Å². The number of hydrogen-bond donors (Lipinski definition) is 1. The predicted octanol–water partition coefficient (Wildman–Crippen LogP) is 2.95. The van der Waals surface area contributed by atoms with Gasteiger partial charge < -0.3 is 14.8 Å². The molecule has 0 amide bonds. The summed E-state index contributed by atoms with van der Waals surface area (Å²) in [5.74, 6) is 0. The first-order valence-corrected chi connectivity index (χ1v) is 7.51. The van der Waals surface area contributed by atoms with E-state index in [-0.39, 0.29) is 11.5 Å². The van der Waals surface area contributed by atoms with Gasteiger partial charge in [0.05, 0.1) is 12.7 Å². The molecule has 3 nitrogen and oxygen atoms in total. The van der Waals surface area contributed by atoms with Crippen LogP contribution < -0.4 is 5.32 Å². The topological polar surface area (TPSA) is 30.5 Å². The standard InChI is InChI=1S/C17H27NO2/c1-17(2,9-11-19-3)13-18-12-16-15-7-5-4-6-14(15)8-10-20-16/h4-7,16,18H,8-13H2,1-3H3. The van der Waals surface area contributed by atoms with Crippen molar-refractivity contribution in [3.63, 3.8) is 0 Å². The van der Waals surface area contributed by atoms with Gasteiger partial charge in [-0.15, -0.1) is 0 Å². The van der Waals surface area contributed by atoms with E-state index in [1.165, 1.54) is 11.1 Å². The lowest BCUT2D eigenvalue weighted by atomic mass is 9.89. The van der Waals surface area contributed by atoms with Gasteiger partial charge in [-0.2, -0.15) is 0 Å². The highest BCUT2D eigenvalue weighted by Gasteiger charge is 2.22. The van der Waals surface area contributed by atoms with Gasteiger partial charge in [0.15, 0.2) is 0 Å². The fourth-order valence-corrected chi connectivity index (χ4v) is 2.65. The quantitative estimate of drug-likeness (QED) is 0.831. The summed E-state index contributed by atoms with van der Waals surface area (Å²) < 4.78 is 11.1. The highest BCUT2D eigenvalue weighted by Crippen LogP contribution is 2.26. The molecule has 0 spiro atoms. The van der Waals surface area contributed by atoms with E-state index in [1.54, 1.807) is 7.11 Å². The van der Waals surface area contributed by atoms with Crippen molar-refractivity contribution in [1.29, 1.82) is 0 Å². The van der Waals surface area contributed by atoms with E-state index in [2.05, 4.69) is 43.4 Å². The summed E-state index contributed by atoms with van der Waals surface area (Å²) in [7, 11) is 1.76. The third-order valence-corrected chi connectivity index (χ3v) is 4.01. The molecule has 0 saturated heterocycles. The minimum atomic E-state index is 0.193. The third-order valence-electron chi connectivity index (χ3n) is 4.01. The Kier molecular flexibility index (Phi) is 5.58. The van der Waals surface area contributed by atoms with Gasteiger partial charge in [-0.05, 0) is 29.4 Å². The fraction of sp³-hybridized carbons (Fsp3) is 0.647. The Hall–Kier alpha value is -0.900. The van der Waals surface area contributed by atoms with E-state index in [0.717, 1.165) is 39.1 Å². The Bertz CT molecular complexity index is 417. The number of rotatable bonds is 7. The van der Waals surface area contributed by atoms with E-state index in [1.807, 2.05) is 0 Å². The zero-order chi connectivity index (χ0) is 14.4. The molecule has 1 aromatic carbocycles. The molecule has 20 heavy (non-hydrogen) atoms. The summed E-state index contributed by atoms with van der Waals surface area (Å²) in [6.45, 7) is 8.06. The SMILES string of the molecule is COCCC(C)(C)CNCC1OCCc2ccccc21. The van der Waals surface area contributed by atoms with Gasteiger partial charge >= 0.3 is 0 Å². The number of benzene rings is 1. The molecule has 0 saturated carbocycles. The molecule has 112 valence electrons. The number of fused-ring (bicyclic) bond motifs is 1. The van der Waals surface area contributed by atoms with Crippen molar-refractivity contribution in [1.82, 2.24) is 5.32 Å². The molecule has 1 atom stereocenters. The van der Waals surface area contributed by atoms with E-state index >= 15 is 0 Å². The van der Waals surface area contributed by atoms with Crippen molar-refractivity contribution in [3.05, 3.63) is 35.4 Å². The summed E-state index contributed by atoms with van der Waals surface area (Å²) in [6, 6.07) is 8.62. The van der Waals surface area contributed by atoms with Crippen LogP contribution in [0.3, 0.4) is 0 Å². The predicted molar refractivity (Wildman–Crippen MR) is 82.0 cm³/mol. The van der Waals surface area contributed by atoms with Gasteiger partial charge in [0.25, 0.3) is 0 Å². The monoisotopic (exact) mass is 277 g/mol. The maximum absolute atomic E-state index is 5.91. The maximum atomic E-state index is 5.91. The molecule has 1 unspecified atom stereocenters. The number of ether oxygens (including phenoxy) is 2. The Morgan fingerprint density at radius 3 is 2.95 bits per heavy atom. The lowest BCUT2D eigenvalue weighted by Crippen LogP contribution is -2.34. The summed E-state index contributed by atoms with van der Waals surface area (Å²) in [4.78, 5) is 0. The van der Waals surface area contributed by atoms with Crippen molar-refractivity contribution in [2.45, 2.75) is 32.8 Å². The van der Waals surface area contributed by atoms with Crippen molar-refractivity contribution < 1.29 is 9.47 Å². The molecule has 1 aliphatic heterocycles. The van der Waals surface area contributed by atoms with Crippen molar-refractivity contribution in [2.24, 2.45) is 5.41 Å². The molecule has 0 aromatic heterocycles. The lowest BCUT2D eigenvalue weighted by Gasteiger charge is -2.29. The zero-order valence-electron chi connectivity index (χ0n) is 12.9. The van der Waals surface area contributed by atoms with E-state index < -0.39 is 0 Å². The van der Waals surface area contributed by atoms with Crippen LogP contribution in [0.2, 0.25) is 0 Å². The first kappa shape index (κ1) is 15.5. The first-order valence-electron chi connectivity index (χ1n) is 7.51. The fourth-order valence-electron chi connectivity index (χ4n) is 2.65. The largest absolute Gasteiger partial charge is 0.385 e. The second kappa shape index (κ2) is 7.21. The van der Waals surface area contributed by atoms with Crippen LogP contribution >= 0.6 is 0 Å². The molecular formula is C17H27NO2. The summed E-state index contributed by atoms with van der Waals surface area (Å²) in [6.07, 6.45) is 2.29. The molecule has 1 N–H and O–H groups in total. The van der Waals surface area contributed by atoms with Gasteiger partial charge in [-0.25, -0.2) is 0 Å². The lowest BCUT2D eigenvalue weighted by molar-refractivity contribution is 0.0403. The molecule has 0 fully saturated rings.